The Bertz CT molecular complexity index is 300. The lowest BCUT2D eigenvalue weighted by atomic mass is 9.78. The van der Waals surface area contributed by atoms with E-state index in [1.54, 1.807) is 0 Å². The van der Waals surface area contributed by atoms with Crippen LogP contribution in [0.5, 0.6) is 0 Å². The molecule has 0 bridgehead atoms. The minimum Gasteiger partial charge on any atom is -0.395 e. The number of ether oxygens (including phenoxy) is 1. The zero-order valence-electron chi connectivity index (χ0n) is 13.4. The molecule has 1 aliphatic heterocycles. The van der Waals surface area contributed by atoms with Gasteiger partial charge in [0.1, 0.15) is 0 Å². The summed E-state index contributed by atoms with van der Waals surface area (Å²) in [5.41, 5.74) is 0.150. The molecule has 1 saturated heterocycles. The van der Waals surface area contributed by atoms with E-state index < -0.39 is 0 Å². The van der Waals surface area contributed by atoms with Crippen LogP contribution in [0.3, 0.4) is 0 Å². The van der Waals surface area contributed by atoms with Crippen molar-refractivity contribution in [1.29, 1.82) is 0 Å². The SMILES string of the molecule is CCNC(=NCC1CCCOC1C(C)(C)C)NCCO. The average Bonchev–Trinajstić information content (AvgIpc) is 2.41. The largest absolute Gasteiger partial charge is 0.395 e. The zero-order valence-corrected chi connectivity index (χ0v) is 13.4. The third kappa shape index (κ3) is 5.67. The van der Waals surface area contributed by atoms with Gasteiger partial charge in [0, 0.05) is 32.2 Å². The van der Waals surface area contributed by atoms with E-state index in [2.05, 4.69) is 36.4 Å². The Morgan fingerprint density at radius 3 is 2.70 bits per heavy atom. The van der Waals surface area contributed by atoms with Crippen molar-refractivity contribution in [3.63, 3.8) is 0 Å². The summed E-state index contributed by atoms with van der Waals surface area (Å²) in [6.45, 7) is 11.8. The third-order valence-electron chi connectivity index (χ3n) is 3.53. The Morgan fingerprint density at radius 1 is 1.35 bits per heavy atom. The number of nitrogens with zero attached hydrogens (tertiary/aromatic N) is 1. The van der Waals surface area contributed by atoms with Gasteiger partial charge in [-0.25, -0.2) is 0 Å². The second kappa shape index (κ2) is 8.47. The summed E-state index contributed by atoms with van der Waals surface area (Å²) in [5, 5.41) is 15.2. The van der Waals surface area contributed by atoms with E-state index >= 15 is 0 Å². The molecule has 1 fully saturated rings. The van der Waals surface area contributed by atoms with Crippen LogP contribution in [0, 0.1) is 11.3 Å². The van der Waals surface area contributed by atoms with E-state index in [4.69, 9.17) is 9.84 Å². The molecule has 1 rings (SSSR count). The molecule has 1 heterocycles. The zero-order chi connectivity index (χ0) is 15.0. The molecule has 0 aromatic carbocycles. The smallest absolute Gasteiger partial charge is 0.191 e. The Kier molecular flexibility index (Phi) is 7.30. The maximum atomic E-state index is 8.88. The summed E-state index contributed by atoms with van der Waals surface area (Å²) in [6.07, 6.45) is 2.55. The van der Waals surface area contributed by atoms with Crippen LogP contribution in [0.25, 0.3) is 0 Å². The predicted octanol–water partition coefficient (Wildman–Crippen LogP) is 1.38. The maximum absolute atomic E-state index is 8.88. The van der Waals surface area contributed by atoms with E-state index in [-0.39, 0.29) is 18.1 Å². The van der Waals surface area contributed by atoms with E-state index in [1.807, 2.05) is 6.92 Å². The molecule has 0 radical (unpaired) electrons. The second-order valence-corrected chi connectivity index (χ2v) is 6.43. The van der Waals surface area contributed by atoms with Crippen molar-refractivity contribution < 1.29 is 9.84 Å². The normalized spacial score (nSPS) is 24.6. The first-order chi connectivity index (χ1) is 9.49. The van der Waals surface area contributed by atoms with Crippen molar-refractivity contribution in [1.82, 2.24) is 10.6 Å². The number of nitrogens with one attached hydrogen (secondary N) is 2. The molecule has 3 N–H and O–H groups in total. The van der Waals surface area contributed by atoms with Crippen LogP contribution in [0.2, 0.25) is 0 Å². The van der Waals surface area contributed by atoms with Gasteiger partial charge < -0.3 is 20.5 Å². The molecule has 0 aliphatic carbocycles. The third-order valence-corrected chi connectivity index (χ3v) is 3.53. The standard InChI is InChI=1S/C15H31N3O2/c1-5-16-14(17-8-9-19)18-11-12-7-6-10-20-13(12)15(2,3)4/h12-13,19H,5-11H2,1-4H3,(H2,16,17,18). The summed E-state index contributed by atoms with van der Waals surface area (Å²) in [4.78, 5) is 4.64. The lowest BCUT2D eigenvalue weighted by molar-refractivity contribution is -0.0823. The van der Waals surface area contributed by atoms with Crippen molar-refractivity contribution in [2.75, 3.05) is 32.8 Å². The predicted molar refractivity (Wildman–Crippen MR) is 83.0 cm³/mol. The highest BCUT2D eigenvalue weighted by molar-refractivity contribution is 5.79. The van der Waals surface area contributed by atoms with E-state index in [0.717, 1.165) is 32.1 Å². The molecule has 118 valence electrons. The Labute approximate surface area is 123 Å². The van der Waals surface area contributed by atoms with Crippen LogP contribution >= 0.6 is 0 Å². The monoisotopic (exact) mass is 285 g/mol. The van der Waals surface area contributed by atoms with Gasteiger partial charge in [-0.15, -0.1) is 0 Å². The van der Waals surface area contributed by atoms with Gasteiger partial charge in [0.05, 0.1) is 12.7 Å². The summed E-state index contributed by atoms with van der Waals surface area (Å²) >= 11 is 0. The van der Waals surface area contributed by atoms with Crippen LogP contribution in [-0.2, 0) is 4.74 Å². The number of rotatable bonds is 5. The maximum Gasteiger partial charge on any atom is 0.191 e. The minimum atomic E-state index is 0.113. The molecular weight excluding hydrogens is 254 g/mol. The van der Waals surface area contributed by atoms with Gasteiger partial charge in [0.25, 0.3) is 0 Å². The second-order valence-electron chi connectivity index (χ2n) is 6.43. The molecule has 5 nitrogen and oxygen atoms in total. The number of aliphatic imine (C=N–C) groups is 1. The van der Waals surface area contributed by atoms with Crippen molar-refractivity contribution in [3.8, 4) is 0 Å². The Balaban J connectivity index is 2.62. The van der Waals surface area contributed by atoms with Gasteiger partial charge in [-0.3, -0.25) is 4.99 Å². The first kappa shape index (κ1) is 17.2. The topological polar surface area (TPSA) is 65.9 Å². The summed E-state index contributed by atoms with van der Waals surface area (Å²) in [7, 11) is 0. The van der Waals surface area contributed by atoms with E-state index in [1.165, 1.54) is 6.42 Å². The quantitative estimate of drug-likeness (QED) is 0.527. The molecule has 0 saturated carbocycles. The fraction of sp³-hybridized carbons (Fsp3) is 0.933. The first-order valence-corrected chi connectivity index (χ1v) is 7.73. The number of aliphatic hydroxyl groups is 1. The molecule has 2 unspecified atom stereocenters. The highest BCUT2D eigenvalue weighted by Gasteiger charge is 2.35. The van der Waals surface area contributed by atoms with E-state index in [0.29, 0.717) is 12.5 Å². The van der Waals surface area contributed by atoms with Crippen molar-refractivity contribution in [2.45, 2.75) is 46.6 Å². The van der Waals surface area contributed by atoms with Gasteiger partial charge in [-0.05, 0) is 25.2 Å². The fourth-order valence-corrected chi connectivity index (χ4v) is 2.71. The summed E-state index contributed by atoms with van der Waals surface area (Å²) < 4.78 is 5.98. The Morgan fingerprint density at radius 2 is 2.10 bits per heavy atom. The van der Waals surface area contributed by atoms with Gasteiger partial charge in [0.15, 0.2) is 5.96 Å². The first-order valence-electron chi connectivity index (χ1n) is 7.73. The molecule has 20 heavy (non-hydrogen) atoms. The van der Waals surface area contributed by atoms with Crippen LogP contribution in [-0.4, -0.2) is 50.0 Å². The molecule has 5 heteroatoms. The van der Waals surface area contributed by atoms with Crippen molar-refractivity contribution >= 4 is 5.96 Å². The molecule has 1 aliphatic rings. The molecule has 0 aromatic heterocycles. The van der Waals surface area contributed by atoms with Crippen molar-refractivity contribution in [3.05, 3.63) is 0 Å². The van der Waals surface area contributed by atoms with E-state index in [9.17, 15) is 0 Å². The number of hydrogen-bond acceptors (Lipinski definition) is 3. The number of aliphatic hydroxyl groups excluding tert-OH is 1. The molecule has 0 spiro atoms. The van der Waals surface area contributed by atoms with Crippen LogP contribution < -0.4 is 10.6 Å². The summed E-state index contributed by atoms with van der Waals surface area (Å²) in [5.74, 6) is 1.24. The van der Waals surface area contributed by atoms with Gasteiger partial charge in [0.2, 0.25) is 0 Å². The van der Waals surface area contributed by atoms with Crippen LogP contribution in [0.15, 0.2) is 4.99 Å². The van der Waals surface area contributed by atoms with Crippen LogP contribution in [0.1, 0.15) is 40.5 Å². The molecular formula is C15H31N3O2. The highest BCUT2D eigenvalue weighted by Crippen LogP contribution is 2.34. The van der Waals surface area contributed by atoms with Crippen LogP contribution in [0.4, 0.5) is 0 Å². The average molecular weight is 285 g/mol. The molecule has 0 amide bonds. The minimum absolute atomic E-state index is 0.113. The Hall–Kier alpha value is -0.810. The molecule has 2 atom stereocenters. The van der Waals surface area contributed by atoms with Gasteiger partial charge in [-0.1, -0.05) is 20.8 Å². The lowest BCUT2D eigenvalue weighted by Crippen LogP contribution is -2.43. The summed E-state index contributed by atoms with van der Waals surface area (Å²) in [6, 6.07) is 0. The highest BCUT2D eigenvalue weighted by atomic mass is 16.5. The van der Waals surface area contributed by atoms with Gasteiger partial charge >= 0.3 is 0 Å². The number of guanidine groups is 1. The fourth-order valence-electron chi connectivity index (χ4n) is 2.71. The number of hydrogen-bond donors (Lipinski definition) is 3. The lowest BCUT2D eigenvalue weighted by Gasteiger charge is -2.39. The van der Waals surface area contributed by atoms with Gasteiger partial charge in [-0.2, -0.15) is 0 Å². The molecule has 0 aromatic rings. The van der Waals surface area contributed by atoms with Crippen molar-refractivity contribution in [2.24, 2.45) is 16.3 Å².